The maximum atomic E-state index is 12.9. The summed E-state index contributed by atoms with van der Waals surface area (Å²) < 4.78 is 14.7. The molecule has 17 heavy (non-hydrogen) atoms. The molecule has 0 spiro atoms. The highest BCUT2D eigenvalue weighted by molar-refractivity contribution is 6.33. The average Bonchev–Trinajstić information content (AvgIpc) is 2.75. The summed E-state index contributed by atoms with van der Waals surface area (Å²) >= 11 is 6.04. The lowest BCUT2D eigenvalue weighted by Gasteiger charge is -2.02. The highest BCUT2D eigenvalue weighted by atomic mass is 35.5. The summed E-state index contributed by atoms with van der Waals surface area (Å²) in [5.74, 6) is -0.249. The van der Waals surface area contributed by atoms with Crippen molar-refractivity contribution in [3.63, 3.8) is 0 Å². The standard InChI is InChI=1S/C13H8ClFN2/c14-11-2-1-7-17-12(8-16-13(11)17)9-3-5-10(15)6-4-9/h1-8H. The van der Waals surface area contributed by atoms with Crippen molar-refractivity contribution in [2.75, 3.05) is 0 Å². The zero-order valence-electron chi connectivity index (χ0n) is 8.77. The minimum atomic E-state index is -0.249. The van der Waals surface area contributed by atoms with Crippen LogP contribution in [0.25, 0.3) is 16.9 Å². The fraction of sp³-hybridized carbons (Fsp3) is 0. The van der Waals surface area contributed by atoms with E-state index in [0.717, 1.165) is 11.3 Å². The van der Waals surface area contributed by atoms with Gasteiger partial charge in [0.05, 0.1) is 16.9 Å². The van der Waals surface area contributed by atoms with E-state index in [0.29, 0.717) is 10.7 Å². The van der Waals surface area contributed by atoms with Gasteiger partial charge in [-0.25, -0.2) is 9.37 Å². The highest BCUT2D eigenvalue weighted by Crippen LogP contribution is 2.24. The first-order valence-electron chi connectivity index (χ1n) is 5.13. The normalized spacial score (nSPS) is 10.9. The van der Waals surface area contributed by atoms with Crippen LogP contribution in [0.2, 0.25) is 5.02 Å². The van der Waals surface area contributed by atoms with E-state index >= 15 is 0 Å². The van der Waals surface area contributed by atoms with Gasteiger partial charge in [0.25, 0.3) is 0 Å². The zero-order valence-corrected chi connectivity index (χ0v) is 9.53. The molecule has 0 aliphatic heterocycles. The average molecular weight is 247 g/mol. The van der Waals surface area contributed by atoms with Crippen LogP contribution in [0.1, 0.15) is 0 Å². The van der Waals surface area contributed by atoms with Gasteiger partial charge < -0.3 is 0 Å². The Bertz CT molecular complexity index is 673. The molecule has 1 aromatic carbocycles. The summed E-state index contributed by atoms with van der Waals surface area (Å²) in [4.78, 5) is 4.25. The van der Waals surface area contributed by atoms with E-state index in [2.05, 4.69) is 4.98 Å². The number of imidazole rings is 1. The van der Waals surface area contributed by atoms with E-state index in [9.17, 15) is 4.39 Å². The van der Waals surface area contributed by atoms with Gasteiger partial charge in [0.15, 0.2) is 5.65 Å². The van der Waals surface area contributed by atoms with E-state index in [-0.39, 0.29) is 5.82 Å². The smallest absolute Gasteiger partial charge is 0.156 e. The van der Waals surface area contributed by atoms with Gasteiger partial charge in [0.1, 0.15) is 5.82 Å². The second kappa shape index (κ2) is 3.86. The number of pyridine rings is 1. The van der Waals surface area contributed by atoms with E-state index in [4.69, 9.17) is 11.6 Å². The molecule has 2 aromatic heterocycles. The van der Waals surface area contributed by atoms with Gasteiger partial charge in [-0.05, 0) is 36.4 Å². The monoisotopic (exact) mass is 246 g/mol. The number of halogens is 2. The molecule has 0 atom stereocenters. The van der Waals surface area contributed by atoms with Crippen molar-refractivity contribution in [3.05, 3.63) is 59.6 Å². The number of hydrogen-bond donors (Lipinski definition) is 0. The van der Waals surface area contributed by atoms with Crippen LogP contribution in [-0.4, -0.2) is 9.38 Å². The summed E-state index contributed by atoms with van der Waals surface area (Å²) in [7, 11) is 0. The van der Waals surface area contributed by atoms with E-state index in [1.165, 1.54) is 12.1 Å². The Morgan fingerprint density at radius 3 is 2.65 bits per heavy atom. The summed E-state index contributed by atoms with van der Waals surface area (Å²) in [5.41, 5.74) is 2.50. The number of hydrogen-bond acceptors (Lipinski definition) is 1. The number of benzene rings is 1. The maximum Gasteiger partial charge on any atom is 0.156 e. The van der Waals surface area contributed by atoms with Gasteiger partial charge in [-0.15, -0.1) is 0 Å². The van der Waals surface area contributed by atoms with Crippen LogP contribution in [0.3, 0.4) is 0 Å². The lowest BCUT2D eigenvalue weighted by atomic mass is 10.2. The van der Waals surface area contributed by atoms with Crippen molar-refractivity contribution in [2.24, 2.45) is 0 Å². The van der Waals surface area contributed by atoms with Gasteiger partial charge in [0.2, 0.25) is 0 Å². The summed E-state index contributed by atoms with van der Waals surface area (Å²) in [6.07, 6.45) is 3.61. The third-order valence-electron chi connectivity index (χ3n) is 2.63. The Hall–Kier alpha value is -1.87. The minimum Gasteiger partial charge on any atom is -0.298 e. The molecule has 3 rings (SSSR count). The Morgan fingerprint density at radius 2 is 1.88 bits per heavy atom. The van der Waals surface area contributed by atoms with Crippen LogP contribution >= 0.6 is 11.6 Å². The van der Waals surface area contributed by atoms with E-state index in [1.807, 2.05) is 16.7 Å². The highest BCUT2D eigenvalue weighted by Gasteiger charge is 2.07. The van der Waals surface area contributed by atoms with Crippen molar-refractivity contribution < 1.29 is 4.39 Å². The molecule has 0 bridgehead atoms. The van der Waals surface area contributed by atoms with Crippen LogP contribution < -0.4 is 0 Å². The Balaban J connectivity index is 2.24. The SMILES string of the molecule is Fc1ccc(-c2cnc3c(Cl)cccn23)cc1. The number of aromatic nitrogens is 2. The fourth-order valence-electron chi connectivity index (χ4n) is 1.81. The largest absolute Gasteiger partial charge is 0.298 e. The number of nitrogens with zero attached hydrogens (tertiary/aromatic N) is 2. The van der Waals surface area contributed by atoms with Crippen LogP contribution in [-0.2, 0) is 0 Å². The molecule has 0 aliphatic rings. The molecule has 84 valence electrons. The topological polar surface area (TPSA) is 17.3 Å². The summed E-state index contributed by atoms with van der Waals surface area (Å²) in [5, 5.41) is 0.598. The molecule has 0 saturated carbocycles. The second-order valence-corrected chi connectivity index (χ2v) is 4.11. The minimum absolute atomic E-state index is 0.249. The quantitative estimate of drug-likeness (QED) is 0.639. The van der Waals surface area contributed by atoms with Crippen LogP contribution in [0.15, 0.2) is 48.8 Å². The summed E-state index contributed by atoms with van der Waals surface area (Å²) in [6.45, 7) is 0. The third kappa shape index (κ3) is 1.68. The number of rotatable bonds is 1. The Kier molecular flexibility index (Phi) is 2.34. The van der Waals surface area contributed by atoms with Gasteiger partial charge in [-0.1, -0.05) is 11.6 Å². The predicted molar refractivity (Wildman–Crippen MR) is 65.6 cm³/mol. The molecule has 0 unspecified atom stereocenters. The lowest BCUT2D eigenvalue weighted by Crippen LogP contribution is -1.88. The van der Waals surface area contributed by atoms with Gasteiger partial charge in [-0.3, -0.25) is 4.40 Å². The third-order valence-corrected chi connectivity index (χ3v) is 2.92. The molecule has 0 N–H and O–H groups in total. The lowest BCUT2D eigenvalue weighted by molar-refractivity contribution is 0.628. The fourth-order valence-corrected chi connectivity index (χ4v) is 2.02. The first-order chi connectivity index (χ1) is 8.25. The molecule has 0 radical (unpaired) electrons. The summed E-state index contributed by atoms with van der Waals surface area (Å²) in [6, 6.07) is 9.94. The molecule has 0 saturated heterocycles. The van der Waals surface area contributed by atoms with Crippen molar-refractivity contribution in [3.8, 4) is 11.3 Å². The van der Waals surface area contributed by atoms with E-state index < -0.39 is 0 Å². The molecular formula is C13H8ClFN2. The second-order valence-electron chi connectivity index (χ2n) is 3.70. The number of fused-ring (bicyclic) bond motifs is 1. The first kappa shape index (κ1) is 10.3. The van der Waals surface area contributed by atoms with E-state index in [1.54, 1.807) is 24.4 Å². The van der Waals surface area contributed by atoms with Crippen LogP contribution in [0.5, 0.6) is 0 Å². The van der Waals surface area contributed by atoms with Gasteiger partial charge >= 0.3 is 0 Å². The first-order valence-corrected chi connectivity index (χ1v) is 5.51. The van der Waals surface area contributed by atoms with Crippen molar-refractivity contribution in [1.29, 1.82) is 0 Å². The van der Waals surface area contributed by atoms with Crippen molar-refractivity contribution in [1.82, 2.24) is 9.38 Å². The maximum absolute atomic E-state index is 12.9. The zero-order chi connectivity index (χ0) is 11.8. The molecule has 3 aromatic rings. The molecular weight excluding hydrogens is 239 g/mol. The Morgan fingerprint density at radius 1 is 1.12 bits per heavy atom. The molecule has 0 fully saturated rings. The molecule has 4 heteroatoms. The van der Waals surface area contributed by atoms with Crippen molar-refractivity contribution in [2.45, 2.75) is 0 Å². The van der Waals surface area contributed by atoms with Gasteiger partial charge in [-0.2, -0.15) is 0 Å². The predicted octanol–water partition coefficient (Wildman–Crippen LogP) is 3.79. The molecule has 2 heterocycles. The molecule has 0 aliphatic carbocycles. The molecule has 0 amide bonds. The van der Waals surface area contributed by atoms with Crippen LogP contribution in [0, 0.1) is 5.82 Å². The van der Waals surface area contributed by atoms with Crippen molar-refractivity contribution >= 4 is 17.2 Å². The Labute approximate surface area is 102 Å². The van der Waals surface area contributed by atoms with Gasteiger partial charge in [0, 0.05) is 11.8 Å². The van der Waals surface area contributed by atoms with Crippen LogP contribution in [0.4, 0.5) is 4.39 Å². The molecule has 2 nitrogen and oxygen atoms in total.